The molecule has 0 fully saturated rings. The number of nitro benzene ring substituents is 1. The van der Waals surface area contributed by atoms with Gasteiger partial charge in [-0.05, 0) is 18.2 Å². The number of nitro groups is 1. The Hall–Kier alpha value is -3.93. The second kappa shape index (κ2) is 8.96. The van der Waals surface area contributed by atoms with Crippen LogP contribution >= 0.6 is 0 Å². The van der Waals surface area contributed by atoms with Gasteiger partial charge in [-0.1, -0.05) is 18.2 Å². The molecule has 0 aromatic heterocycles. The summed E-state index contributed by atoms with van der Waals surface area (Å²) < 4.78 is 9.88. The van der Waals surface area contributed by atoms with Gasteiger partial charge >= 0.3 is 11.7 Å². The Labute approximate surface area is 154 Å². The molecule has 27 heavy (non-hydrogen) atoms. The number of hydrogen-bond donors (Lipinski definition) is 1. The third-order valence-corrected chi connectivity index (χ3v) is 3.56. The second-order valence-corrected chi connectivity index (χ2v) is 5.26. The average Bonchev–Trinajstić information content (AvgIpc) is 2.69. The predicted octanol–water partition coefficient (Wildman–Crippen LogP) is 1.95. The third-order valence-electron chi connectivity index (χ3n) is 3.56. The number of ether oxygens (including phenoxy) is 2. The number of nitriles is 1. The normalized spacial score (nSPS) is 9.78. The van der Waals surface area contributed by atoms with Crippen LogP contribution < -0.4 is 10.1 Å². The van der Waals surface area contributed by atoms with Crippen molar-refractivity contribution in [3.63, 3.8) is 0 Å². The van der Waals surface area contributed by atoms with Crippen molar-refractivity contribution in [1.29, 1.82) is 5.26 Å². The number of rotatable bonds is 7. The SMILES string of the molecule is COc1ccc(C(=O)NCC(=O)OCc2ccccc2C#N)cc1[N+](=O)[O-]. The number of nitrogens with zero attached hydrogens (tertiary/aromatic N) is 2. The molecule has 138 valence electrons. The molecule has 0 bridgehead atoms. The number of nitrogens with one attached hydrogen (secondary N) is 1. The van der Waals surface area contributed by atoms with Crippen LogP contribution in [0.25, 0.3) is 0 Å². The average molecular weight is 369 g/mol. The van der Waals surface area contributed by atoms with Gasteiger partial charge in [-0.2, -0.15) is 5.26 Å². The van der Waals surface area contributed by atoms with Gasteiger partial charge in [0.15, 0.2) is 5.75 Å². The highest BCUT2D eigenvalue weighted by Gasteiger charge is 2.18. The zero-order chi connectivity index (χ0) is 19.8. The Morgan fingerprint density at radius 3 is 2.67 bits per heavy atom. The minimum absolute atomic E-state index is 0.00475. The first-order valence-electron chi connectivity index (χ1n) is 7.70. The van der Waals surface area contributed by atoms with E-state index in [2.05, 4.69) is 5.32 Å². The summed E-state index contributed by atoms with van der Waals surface area (Å²) in [5.41, 5.74) is 0.580. The largest absolute Gasteiger partial charge is 0.490 e. The molecule has 0 atom stereocenters. The van der Waals surface area contributed by atoms with Crippen LogP contribution in [-0.2, 0) is 16.1 Å². The molecule has 1 amide bonds. The van der Waals surface area contributed by atoms with Crippen LogP contribution in [0.5, 0.6) is 5.75 Å². The smallest absolute Gasteiger partial charge is 0.325 e. The molecular weight excluding hydrogens is 354 g/mol. The monoisotopic (exact) mass is 369 g/mol. The summed E-state index contributed by atoms with van der Waals surface area (Å²) in [4.78, 5) is 34.2. The Balaban J connectivity index is 1.93. The fourth-order valence-corrected chi connectivity index (χ4v) is 2.19. The summed E-state index contributed by atoms with van der Waals surface area (Å²) in [6.07, 6.45) is 0. The van der Waals surface area contributed by atoms with Crippen LogP contribution in [0.15, 0.2) is 42.5 Å². The lowest BCUT2D eigenvalue weighted by Crippen LogP contribution is -2.30. The number of carbonyl (C=O) groups excluding carboxylic acids is 2. The van der Waals surface area contributed by atoms with Gasteiger partial charge < -0.3 is 14.8 Å². The third kappa shape index (κ3) is 5.02. The van der Waals surface area contributed by atoms with Crippen molar-refractivity contribution in [2.24, 2.45) is 0 Å². The molecule has 0 aliphatic carbocycles. The van der Waals surface area contributed by atoms with E-state index >= 15 is 0 Å². The van der Waals surface area contributed by atoms with E-state index in [-0.39, 0.29) is 23.6 Å². The quantitative estimate of drug-likeness (QED) is 0.448. The van der Waals surface area contributed by atoms with E-state index in [0.717, 1.165) is 6.07 Å². The molecule has 9 nitrogen and oxygen atoms in total. The predicted molar refractivity (Wildman–Crippen MR) is 92.9 cm³/mol. The zero-order valence-corrected chi connectivity index (χ0v) is 14.3. The molecule has 0 aliphatic rings. The molecule has 9 heteroatoms. The highest BCUT2D eigenvalue weighted by molar-refractivity contribution is 5.96. The number of hydrogen-bond acceptors (Lipinski definition) is 7. The number of methoxy groups -OCH3 is 1. The van der Waals surface area contributed by atoms with Crippen molar-refractivity contribution in [2.45, 2.75) is 6.61 Å². The fourth-order valence-electron chi connectivity index (χ4n) is 2.19. The lowest BCUT2D eigenvalue weighted by Gasteiger charge is -2.08. The molecule has 0 heterocycles. The molecule has 1 N–H and O–H groups in total. The standard InChI is InChI=1S/C18H15N3O6/c1-26-16-7-6-12(8-15(16)21(24)25)18(23)20-10-17(22)27-11-14-5-3-2-4-13(14)9-19/h2-8H,10-11H2,1H3,(H,20,23). The first-order chi connectivity index (χ1) is 13.0. The molecule has 0 saturated carbocycles. The molecule has 2 rings (SSSR count). The number of benzene rings is 2. The highest BCUT2D eigenvalue weighted by Crippen LogP contribution is 2.27. The van der Waals surface area contributed by atoms with E-state index in [9.17, 15) is 19.7 Å². The van der Waals surface area contributed by atoms with Crippen LogP contribution in [0.1, 0.15) is 21.5 Å². The maximum Gasteiger partial charge on any atom is 0.325 e. The summed E-state index contributed by atoms with van der Waals surface area (Å²) in [5.74, 6) is -1.36. The van der Waals surface area contributed by atoms with Gasteiger partial charge in [-0.15, -0.1) is 0 Å². The number of amides is 1. The van der Waals surface area contributed by atoms with Gasteiger partial charge in [0.2, 0.25) is 0 Å². The minimum Gasteiger partial charge on any atom is -0.490 e. The summed E-state index contributed by atoms with van der Waals surface area (Å²) in [5, 5.41) is 22.3. The first-order valence-corrected chi connectivity index (χ1v) is 7.70. The highest BCUT2D eigenvalue weighted by atomic mass is 16.6. The Morgan fingerprint density at radius 2 is 2.00 bits per heavy atom. The van der Waals surface area contributed by atoms with E-state index in [4.69, 9.17) is 14.7 Å². The minimum atomic E-state index is -0.709. The van der Waals surface area contributed by atoms with E-state index in [0.29, 0.717) is 11.1 Å². The molecule has 0 unspecified atom stereocenters. The summed E-state index contributed by atoms with van der Waals surface area (Å²) in [6, 6.07) is 12.3. The summed E-state index contributed by atoms with van der Waals surface area (Å²) in [7, 11) is 1.28. The second-order valence-electron chi connectivity index (χ2n) is 5.26. The van der Waals surface area contributed by atoms with Gasteiger partial charge in [0.05, 0.1) is 23.7 Å². The number of carbonyl (C=O) groups is 2. The maximum absolute atomic E-state index is 12.1. The number of esters is 1. The van der Waals surface area contributed by atoms with Crippen LogP contribution in [0, 0.1) is 21.4 Å². The Morgan fingerprint density at radius 1 is 1.26 bits per heavy atom. The first kappa shape index (κ1) is 19.4. The molecule has 2 aromatic rings. The Bertz CT molecular complexity index is 920. The molecule has 0 radical (unpaired) electrons. The van der Waals surface area contributed by atoms with Crippen molar-refractivity contribution in [3.05, 3.63) is 69.3 Å². The zero-order valence-electron chi connectivity index (χ0n) is 14.3. The fraction of sp³-hybridized carbons (Fsp3) is 0.167. The van der Waals surface area contributed by atoms with Crippen molar-refractivity contribution >= 4 is 17.6 Å². The molecular formula is C18H15N3O6. The van der Waals surface area contributed by atoms with Crippen LogP contribution in [-0.4, -0.2) is 30.5 Å². The lowest BCUT2D eigenvalue weighted by molar-refractivity contribution is -0.385. The maximum atomic E-state index is 12.1. The molecule has 0 saturated heterocycles. The summed E-state index contributed by atoms with van der Waals surface area (Å²) >= 11 is 0. The van der Waals surface area contributed by atoms with Crippen molar-refractivity contribution in [2.75, 3.05) is 13.7 Å². The van der Waals surface area contributed by atoms with Crippen molar-refractivity contribution in [1.82, 2.24) is 5.32 Å². The van der Waals surface area contributed by atoms with Crippen molar-refractivity contribution in [3.8, 4) is 11.8 Å². The van der Waals surface area contributed by atoms with Gasteiger partial charge in [-0.25, -0.2) is 0 Å². The molecule has 2 aromatic carbocycles. The van der Waals surface area contributed by atoms with E-state index < -0.39 is 23.3 Å². The lowest BCUT2D eigenvalue weighted by atomic mass is 10.1. The Kier molecular flexibility index (Phi) is 6.44. The van der Waals surface area contributed by atoms with Gasteiger partial charge in [0.25, 0.3) is 5.91 Å². The van der Waals surface area contributed by atoms with Crippen LogP contribution in [0.2, 0.25) is 0 Å². The van der Waals surface area contributed by atoms with Crippen molar-refractivity contribution < 1.29 is 24.0 Å². The van der Waals surface area contributed by atoms with Crippen LogP contribution in [0.4, 0.5) is 5.69 Å². The van der Waals surface area contributed by atoms with Crippen LogP contribution in [0.3, 0.4) is 0 Å². The van der Waals surface area contributed by atoms with E-state index in [1.54, 1.807) is 24.3 Å². The van der Waals surface area contributed by atoms with Gasteiger partial charge in [0, 0.05) is 17.2 Å². The molecule has 0 spiro atoms. The van der Waals surface area contributed by atoms with Gasteiger partial charge in [0.1, 0.15) is 13.2 Å². The topological polar surface area (TPSA) is 132 Å². The van der Waals surface area contributed by atoms with Gasteiger partial charge in [-0.3, -0.25) is 19.7 Å². The van der Waals surface area contributed by atoms with E-state index in [1.165, 1.54) is 19.2 Å². The summed E-state index contributed by atoms with van der Waals surface area (Å²) in [6.45, 7) is -0.528. The van der Waals surface area contributed by atoms with E-state index in [1.807, 2.05) is 6.07 Å². The molecule has 0 aliphatic heterocycles.